The number of piperidine rings is 1. The Balaban J connectivity index is 2.39. The van der Waals surface area contributed by atoms with Crippen LogP contribution in [0.4, 0.5) is 5.82 Å². The van der Waals surface area contributed by atoms with E-state index in [9.17, 15) is 4.79 Å². The summed E-state index contributed by atoms with van der Waals surface area (Å²) in [4.78, 5) is 17.1. The summed E-state index contributed by atoms with van der Waals surface area (Å²) in [5.74, 6) is 0.568. The van der Waals surface area contributed by atoms with Gasteiger partial charge in [-0.3, -0.25) is 4.79 Å². The van der Waals surface area contributed by atoms with Crippen molar-refractivity contribution in [2.75, 3.05) is 18.8 Å². The number of anilines is 1. The fraction of sp³-hybridized carbons (Fsp3) is 0.600. The molecule has 0 amide bonds. The number of aryl methyl sites for hydroxylation is 1. The highest BCUT2D eigenvalue weighted by Crippen LogP contribution is 2.39. The van der Waals surface area contributed by atoms with Gasteiger partial charge >= 0.3 is 0 Å². The minimum Gasteiger partial charge on any atom is -0.383 e. The maximum atomic E-state index is 13.0. The lowest BCUT2D eigenvalue weighted by Gasteiger charge is -2.36. The number of nitrogens with zero attached hydrogens (tertiary/aromatic N) is 1. The van der Waals surface area contributed by atoms with Crippen LogP contribution in [-0.4, -0.2) is 23.9 Å². The fourth-order valence-electron chi connectivity index (χ4n) is 3.11. The molecule has 1 aliphatic heterocycles. The summed E-state index contributed by atoms with van der Waals surface area (Å²) in [6.45, 7) is 5.89. The summed E-state index contributed by atoms with van der Waals surface area (Å²) < 4.78 is 0. The van der Waals surface area contributed by atoms with Gasteiger partial charge in [0, 0.05) is 11.6 Å². The average molecular weight is 261 g/mol. The summed E-state index contributed by atoms with van der Waals surface area (Å²) in [6.07, 6.45) is 5.41. The summed E-state index contributed by atoms with van der Waals surface area (Å²) in [5.41, 5.74) is 7.26. The zero-order valence-corrected chi connectivity index (χ0v) is 11.8. The van der Waals surface area contributed by atoms with Crippen molar-refractivity contribution >= 4 is 11.6 Å². The molecule has 1 saturated heterocycles. The first kappa shape index (κ1) is 14.0. The molecule has 0 unspecified atom stereocenters. The Labute approximate surface area is 114 Å². The van der Waals surface area contributed by atoms with Crippen LogP contribution < -0.4 is 11.1 Å². The van der Waals surface area contributed by atoms with E-state index in [1.165, 1.54) is 0 Å². The highest BCUT2D eigenvalue weighted by molar-refractivity contribution is 6.05. The van der Waals surface area contributed by atoms with E-state index in [0.29, 0.717) is 11.4 Å². The summed E-state index contributed by atoms with van der Waals surface area (Å²) in [7, 11) is 0. The van der Waals surface area contributed by atoms with Crippen LogP contribution in [0.1, 0.15) is 48.5 Å². The van der Waals surface area contributed by atoms with Crippen LogP contribution in [0.3, 0.4) is 0 Å². The van der Waals surface area contributed by atoms with Crippen LogP contribution in [0, 0.1) is 12.3 Å². The summed E-state index contributed by atoms with van der Waals surface area (Å²) in [5, 5.41) is 3.33. The lowest BCUT2D eigenvalue weighted by Crippen LogP contribution is -2.42. The number of ketones is 1. The van der Waals surface area contributed by atoms with E-state index in [1.54, 1.807) is 6.20 Å². The number of nitrogens with two attached hydrogens (primary N) is 1. The third-order valence-corrected chi connectivity index (χ3v) is 4.19. The zero-order chi connectivity index (χ0) is 13.9. The third-order valence-electron chi connectivity index (χ3n) is 4.19. The Bertz CT molecular complexity index is 439. The second kappa shape index (κ2) is 5.70. The number of rotatable bonds is 4. The molecule has 0 aromatic carbocycles. The molecule has 104 valence electrons. The van der Waals surface area contributed by atoms with Crippen molar-refractivity contribution in [3.63, 3.8) is 0 Å². The normalized spacial score (nSPS) is 18.2. The smallest absolute Gasteiger partial charge is 0.173 e. The highest BCUT2D eigenvalue weighted by atomic mass is 16.1. The molecule has 0 atom stereocenters. The number of hydrogen-bond donors (Lipinski definition) is 2. The molecule has 0 aliphatic carbocycles. The fourth-order valence-corrected chi connectivity index (χ4v) is 3.11. The van der Waals surface area contributed by atoms with Gasteiger partial charge < -0.3 is 11.1 Å². The molecule has 1 aromatic rings. The van der Waals surface area contributed by atoms with Gasteiger partial charge in [-0.1, -0.05) is 13.3 Å². The van der Waals surface area contributed by atoms with E-state index in [2.05, 4.69) is 17.2 Å². The first-order chi connectivity index (χ1) is 9.10. The molecule has 3 N–H and O–H groups in total. The number of carbonyl (C=O) groups excluding carboxylic acids is 1. The summed E-state index contributed by atoms with van der Waals surface area (Å²) in [6, 6.07) is 1.87. The molecular formula is C15H23N3O. The number of pyridine rings is 1. The van der Waals surface area contributed by atoms with Gasteiger partial charge in [0.05, 0.1) is 5.56 Å². The number of nitrogen functional groups attached to an aromatic ring is 1. The number of nitrogens with one attached hydrogen (secondary N) is 1. The predicted molar refractivity (Wildman–Crippen MR) is 77.2 cm³/mol. The van der Waals surface area contributed by atoms with E-state index in [4.69, 9.17) is 5.73 Å². The van der Waals surface area contributed by atoms with Crippen molar-refractivity contribution in [2.45, 2.75) is 39.5 Å². The average Bonchev–Trinajstić information content (AvgIpc) is 2.40. The van der Waals surface area contributed by atoms with Gasteiger partial charge in [0.1, 0.15) is 5.82 Å². The molecule has 2 heterocycles. The first-order valence-electron chi connectivity index (χ1n) is 7.07. The van der Waals surface area contributed by atoms with Gasteiger partial charge in [-0.25, -0.2) is 4.98 Å². The molecular weight excluding hydrogens is 238 g/mol. The monoisotopic (exact) mass is 261 g/mol. The SMILES string of the molecule is CCCC1(C(=O)c2c(C)ccnc2N)CCNCC1. The van der Waals surface area contributed by atoms with Gasteiger partial charge in [-0.15, -0.1) is 0 Å². The molecule has 0 spiro atoms. The Kier molecular flexibility index (Phi) is 4.20. The molecule has 4 heteroatoms. The third kappa shape index (κ3) is 2.63. The highest BCUT2D eigenvalue weighted by Gasteiger charge is 2.40. The quantitative estimate of drug-likeness (QED) is 0.816. The van der Waals surface area contributed by atoms with Crippen LogP contribution in [0.2, 0.25) is 0 Å². The van der Waals surface area contributed by atoms with Crippen molar-refractivity contribution in [2.24, 2.45) is 5.41 Å². The minimum atomic E-state index is -0.248. The van der Waals surface area contributed by atoms with Gasteiger partial charge in [-0.05, 0) is 50.9 Å². The maximum absolute atomic E-state index is 13.0. The van der Waals surface area contributed by atoms with E-state index < -0.39 is 0 Å². The Hall–Kier alpha value is -1.42. The van der Waals surface area contributed by atoms with Crippen LogP contribution >= 0.6 is 0 Å². The Morgan fingerprint density at radius 2 is 2.16 bits per heavy atom. The molecule has 4 nitrogen and oxygen atoms in total. The largest absolute Gasteiger partial charge is 0.383 e. The lowest BCUT2D eigenvalue weighted by atomic mass is 9.70. The van der Waals surface area contributed by atoms with Gasteiger partial charge in [0.15, 0.2) is 5.78 Å². The van der Waals surface area contributed by atoms with Crippen molar-refractivity contribution in [3.8, 4) is 0 Å². The number of carbonyl (C=O) groups is 1. The van der Waals surface area contributed by atoms with E-state index >= 15 is 0 Å². The molecule has 2 rings (SSSR count). The second-order valence-electron chi connectivity index (χ2n) is 5.50. The first-order valence-corrected chi connectivity index (χ1v) is 7.07. The van der Waals surface area contributed by atoms with Crippen LogP contribution in [0.25, 0.3) is 0 Å². The molecule has 0 bridgehead atoms. The molecule has 1 aromatic heterocycles. The van der Waals surface area contributed by atoms with Crippen LogP contribution in [0.5, 0.6) is 0 Å². The van der Waals surface area contributed by atoms with Crippen molar-refractivity contribution in [1.29, 1.82) is 0 Å². The molecule has 1 fully saturated rings. The standard InChI is InChI=1S/C15H23N3O/c1-3-5-15(6-9-17-10-7-15)13(19)12-11(2)4-8-18-14(12)16/h4,8,17H,3,5-7,9-10H2,1-2H3,(H2,16,18). The topological polar surface area (TPSA) is 68.0 Å². The Morgan fingerprint density at radius 1 is 1.47 bits per heavy atom. The van der Waals surface area contributed by atoms with E-state index in [0.717, 1.165) is 44.3 Å². The molecule has 0 radical (unpaired) electrons. The van der Waals surface area contributed by atoms with E-state index in [1.807, 2.05) is 13.0 Å². The lowest BCUT2D eigenvalue weighted by molar-refractivity contribution is 0.0704. The maximum Gasteiger partial charge on any atom is 0.173 e. The van der Waals surface area contributed by atoms with Crippen LogP contribution in [0.15, 0.2) is 12.3 Å². The number of aromatic nitrogens is 1. The van der Waals surface area contributed by atoms with Gasteiger partial charge in [-0.2, -0.15) is 0 Å². The zero-order valence-electron chi connectivity index (χ0n) is 11.8. The van der Waals surface area contributed by atoms with Gasteiger partial charge in [0.2, 0.25) is 0 Å². The second-order valence-corrected chi connectivity index (χ2v) is 5.50. The van der Waals surface area contributed by atoms with Crippen molar-refractivity contribution in [1.82, 2.24) is 10.3 Å². The van der Waals surface area contributed by atoms with Crippen LogP contribution in [-0.2, 0) is 0 Å². The molecule has 1 aliphatic rings. The van der Waals surface area contributed by atoms with E-state index in [-0.39, 0.29) is 11.2 Å². The van der Waals surface area contributed by atoms with Crippen molar-refractivity contribution < 1.29 is 4.79 Å². The number of hydrogen-bond acceptors (Lipinski definition) is 4. The van der Waals surface area contributed by atoms with Crippen molar-refractivity contribution in [3.05, 3.63) is 23.4 Å². The van der Waals surface area contributed by atoms with Gasteiger partial charge in [0.25, 0.3) is 0 Å². The molecule has 0 saturated carbocycles. The Morgan fingerprint density at radius 3 is 2.74 bits per heavy atom. The summed E-state index contributed by atoms with van der Waals surface area (Å²) >= 11 is 0. The molecule has 19 heavy (non-hydrogen) atoms. The number of Topliss-reactive ketones (excluding diaryl/α,β-unsaturated/α-hetero) is 1. The predicted octanol–water partition coefficient (Wildman–Crippen LogP) is 2.32. The minimum absolute atomic E-state index is 0.193.